The van der Waals surface area contributed by atoms with E-state index >= 15 is 0 Å². The van der Waals surface area contributed by atoms with Crippen LogP contribution in [0.4, 0.5) is 0 Å². The van der Waals surface area contributed by atoms with E-state index in [9.17, 15) is 4.79 Å². The molecule has 0 saturated heterocycles. The normalized spacial score (nSPS) is 14.6. The van der Waals surface area contributed by atoms with E-state index in [0.717, 1.165) is 23.8 Å². The van der Waals surface area contributed by atoms with E-state index < -0.39 is 0 Å². The van der Waals surface area contributed by atoms with Gasteiger partial charge in [0, 0.05) is 11.5 Å². The zero-order chi connectivity index (χ0) is 9.54. The van der Waals surface area contributed by atoms with E-state index in [1.54, 1.807) is 0 Å². The van der Waals surface area contributed by atoms with Crippen LogP contribution < -0.4 is 5.63 Å². The molecule has 0 bridgehead atoms. The van der Waals surface area contributed by atoms with Gasteiger partial charge in [-0.3, -0.25) is 0 Å². The summed E-state index contributed by atoms with van der Waals surface area (Å²) in [6.45, 7) is 0. The number of rotatable bonds is 0. The molecule has 2 nitrogen and oxygen atoms in total. The van der Waals surface area contributed by atoms with Gasteiger partial charge in [0.15, 0.2) is 0 Å². The summed E-state index contributed by atoms with van der Waals surface area (Å²) in [6, 6.07) is 7.48. The molecule has 3 rings (SSSR count). The first-order valence-corrected chi connectivity index (χ1v) is 4.89. The second-order valence-electron chi connectivity index (χ2n) is 3.73. The molecule has 0 unspecified atom stereocenters. The maximum atomic E-state index is 11.1. The van der Waals surface area contributed by atoms with Gasteiger partial charge in [-0.05, 0) is 36.5 Å². The third-order valence-electron chi connectivity index (χ3n) is 2.86. The lowest BCUT2D eigenvalue weighted by atomic mass is 10.1. The van der Waals surface area contributed by atoms with E-state index in [1.165, 1.54) is 23.6 Å². The van der Waals surface area contributed by atoms with Gasteiger partial charge in [0.1, 0.15) is 5.58 Å². The Morgan fingerprint density at radius 1 is 1.07 bits per heavy atom. The minimum absolute atomic E-state index is 0.252. The van der Waals surface area contributed by atoms with Gasteiger partial charge in [0.2, 0.25) is 0 Å². The second-order valence-corrected chi connectivity index (χ2v) is 3.73. The molecule has 1 heterocycles. The van der Waals surface area contributed by atoms with Crippen LogP contribution in [-0.4, -0.2) is 0 Å². The molecule has 0 aliphatic heterocycles. The molecule has 2 heteroatoms. The van der Waals surface area contributed by atoms with Gasteiger partial charge in [-0.25, -0.2) is 4.79 Å². The SMILES string of the molecule is O=c1ccc2ccc3c(c2o1)CCC3. The van der Waals surface area contributed by atoms with E-state index in [0.29, 0.717) is 0 Å². The average Bonchev–Trinajstić information content (AvgIpc) is 2.65. The van der Waals surface area contributed by atoms with Gasteiger partial charge in [-0.15, -0.1) is 0 Å². The molecule has 1 aromatic heterocycles. The molecule has 1 aliphatic carbocycles. The number of benzene rings is 1. The van der Waals surface area contributed by atoms with E-state index in [1.807, 2.05) is 12.1 Å². The van der Waals surface area contributed by atoms with Gasteiger partial charge in [-0.1, -0.05) is 12.1 Å². The van der Waals surface area contributed by atoms with Crippen molar-refractivity contribution in [3.05, 3.63) is 45.8 Å². The molecule has 0 saturated carbocycles. The quantitative estimate of drug-likeness (QED) is 0.591. The van der Waals surface area contributed by atoms with Gasteiger partial charge in [0.25, 0.3) is 0 Å². The van der Waals surface area contributed by atoms with Gasteiger partial charge >= 0.3 is 5.63 Å². The molecular formula is C12H10O2. The predicted molar refractivity (Wildman–Crippen MR) is 54.5 cm³/mol. The van der Waals surface area contributed by atoms with Gasteiger partial charge in [-0.2, -0.15) is 0 Å². The molecule has 2 aromatic rings. The lowest BCUT2D eigenvalue weighted by molar-refractivity contribution is 0.557. The van der Waals surface area contributed by atoms with Crippen LogP contribution in [-0.2, 0) is 12.8 Å². The Morgan fingerprint density at radius 2 is 1.93 bits per heavy atom. The highest BCUT2D eigenvalue weighted by Crippen LogP contribution is 2.28. The van der Waals surface area contributed by atoms with Crippen molar-refractivity contribution in [1.82, 2.24) is 0 Å². The van der Waals surface area contributed by atoms with Crippen molar-refractivity contribution >= 4 is 11.0 Å². The monoisotopic (exact) mass is 186 g/mol. The highest BCUT2D eigenvalue weighted by atomic mass is 16.4. The van der Waals surface area contributed by atoms with Crippen LogP contribution in [0.2, 0.25) is 0 Å². The molecule has 14 heavy (non-hydrogen) atoms. The Hall–Kier alpha value is -1.57. The van der Waals surface area contributed by atoms with Crippen LogP contribution in [0.1, 0.15) is 17.5 Å². The van der Waals surface area contributed by atoms with Gasteiger partial charge < -0.3 is 4.42 Å². The summed E-state index contributed by atoms with van der Waals surface area (Å²) >= 11 is 0. The zero-order valence-corrected chi connectivity index (χ0v) is 7.75. The van der Waals surface area contributed by atoms with Crippen LogP contribution in [0.5, 0.6) is 0 Å². The first-order valence-electron chi connectivity index (χ1n) is 4.89. The fourth-order valence-corrected chi connectivity index (χ4v) is 2.19. The number of aryl methyl sites for hydroxylation is 2. The van der Waals surface area contributed by atoms with Crippen molar-refractivity contribution in [3.8, 4) is 0 Å². The maximum Gasteiger partial charge on any atom is 0.336 e. The first-order chi connectivity index (χ1) is 6.84. The Bertz CT molecular complexity index is 552. The fourth-order valence-electron chi connectivity index (χ4n) is 2.19. The summed E-state index contributed by atoms with van der Waals surface area (Å²) in [5.74, 6) is 0. The summed E-state index contributed by atoms with van der Waals surface area (Å²) in [6.07, 6.45) is 3.33. The zero-order valence-electron chi connectivity index (χ0n) is 7.75. The van der Waals surface area contributed by atoms with Crippen molar-refractivity contribution in [3.63, 3.8) is 0 Å². The van der Waals surface area contributed by atoms with Crippen LogP contribution in [0.25, 0.3) is 11.0 Å². The third kappa shape index (κ3) is 1.00. The second kappa shape index (κ2) is 2.71. The molecule has 1 aliphatic rings. The van der Waals surface area contributed by atoms with Crippen LogP contribution >= 0.6 is 0 Å². The first kappa shape index (κ1) is 7.80. The van der Waals surface area contributed by atoms with Crippen molar-refractivity contribution in [2.24, 2.45) is 0 Å². The van der Waals surface area contributed by atoms with Crippen LogP contribution in [0.15, 0.2) is 33.5 Å². The van der Waals surface area contributed by atoms with Crippen molar-refractivity contribution in [2.45, 2.75) is 19.3 Å². The smallest absolute Gasteiger partial charge is 0.336 e. The largest absolute Gasteiger partial charge is 0.422 e. The molecule has 0 spiro atoms. The molecule has 0 amide bonds. The summed E-state index contributed by atoms with van der Waals surface area (Å²) in [7, 11) is 0. The topological polar surface area (TPSA) is 30.2 Å². The standard InChI is InChI=1S/C12H10O2/c13-11-7-6-9-5-4-8-2-1-3-10(8)12(9)14-11/h4-7H,1-3H2. The predicted octanol–water partition coefficient (Wildman–Crippen LogP) is 2.28. The molecule has 0 atom stereocenters. The summed E-state index contributed by atoms with van der Waals surface area (Å²) in [4.78, 5) is 11.1. The van der Waals surface area contributed by atoms with Gasteiger partial charge in [0.05, 0.1) is 0 Å². The van der Waals surface area contributed by atoms with Crippen LogP contribution in [0, 0.1) is 0 Å². The summed E-state index contributed by atoms with van der Waals surface area (Å²) < 4.78 is 5.25. The van der Waals surface area contributed by atoms with Crippen molar-refractivity contribution < 1.29 is 4.42 Å². The van der Waals surface area contributed by atoms with Crippen molar-refractivity contribution in [2.75, 3.05) is 0 Å². The highest BCUT2D eigenvalue weighted by Gasteiger charge is 2.15. The Kier molecular flexibility index (Phi) is 1.51. The lowest BCUT2D eigenvalue weighted by Crippen LogP contribution is -1.96. The molecule has 0 radical (unpaired) electrons. The van der Waals surface area contributed by atoms with E-state index in [-0.39, 0.29) is 5.63 Å². The van der Waals surface area contributed by atoms with E-state index in [2.05, 4.69) is 6.07 Å². The Balaban J connectivity index is 2.47. The molecule has 0 N–H and O–H groups in total. The minimum atomic E-state index is -0.252. The average molecular weight is 186 g/mol. The van der Waals surface area contributed by atoms with Crippen molar-refractivity contribution in [1.29, 1.82) is 0 Å². The summed E-state index contributed by atoms with van der Waals surface area (Å²) in [5, 5.41) is 1.03. The molecule has 1 aromatic carbocycles. The highest BCUT2D eigenvalue weighted by molar-refractivity contribution is 5.81. The lowest BCUT2D eigenvalue weighted by Gasteiger charge is -2.02. The summed E-state index contributed by atoms with van der Waals surface area (Å²) in [5.41, 5.74) is 3.12. The molecule has 0 fully saturated rings. The van der Waals surface area contributed by atoms with E-state index in [4.69, 9.17) is 4.42 Å². The Labute approximate surface area is 81.2 Å². The maximum absolute atomic E-state index is 11.1. The number of fused-ring (bicyclic) bond motifs is 3. The van der Waals surface area contributed by atoms with Crippen LogP contribution in [0.3, 0.4) is 0 Å². The fraction of sp³-hybridized carbons (Fsp3) is 0.250. The minimum Gasteiger partial charge on any atom is -0.422 e. The number of hydrogen-bond acceptors (Lipinski definition) is 2. The number of hydrogen-bond donors (Lipinski definition) is 0. The third-order valence-corrected chi connectivity index (χ3v) is 2.86. The molecule has 70 valence electrons. The Morgan fingerprint density at radius 3 is 2.86 bits per heavy atom. The molecular weight excluding hydrogens is 176 g/mol.